The summed E-state index contributed by atoms with van der Waals surface area (Å²) in [5.74, 6) is -0.468. The molecule has 0 saturated heterocycles. The maximum absolute atomic E-state index is 12.5. The molecule has 0 fully saturated rings. The summed E-state index contributed by atoms with van der Waals surface area (Å²) in [6.07, 6.45) is 1.81. The first-order valence-electron chi connectivity index (χ1n) is 7.70. The van der Waals surface area contributed by atoms with Crippen molar-refractivity contribution in [2.24, 2.45) is 0 Å². The zero-order valence-corrected chi connectivity index (χ0v) is 13.5. The second kappa shape index (κ2) is 7.04. The second-order valence-electron chi connectivity index (χ2n) is 5.27. The topological polar surface area (TPSA) is 102 Å². The number of carbonyl (C=O) groups is 2. The maximum atomic E-state index is 12.5. The number of carboxylic acids is 1. The predicted molar refractivity (Wildman–Crippen MR) is 90.9 cm³/mol. The van der Waals surface area contributed by atoms with Crippen LogP contribution < -0.4 is 10.1 Å². The zero-order valence-electron chi connectivity index (χ0n) is 13.5. The van der Waals surface area contributed by atoms with E-state index in [1.54, 1.807) is 18.2 Å². The van der Waals surface area contributed by atoms with Crippen molar-refractivity contribution >= 4 is 28.3 Å². The van der Waals surface area contributed by atoms with Crippen LogP contribution in [0.2, 0.25) is 0 Å². The van der Waals surface area contributed by atoms with E-state index in [4.69, 9.17) is 14.3 Å². The van der Waals surface area contributed by atoms with Crippen LogP contribution in [0.25, 0.3) is 10.8 Å². The fourth-order valence-corrected chi connectivity index (χ4v) is 2.53. The SMILES string of the molecule is CCc1ocnc1C(=O)Nc1ccc(OCC(=O)O)c2ccccc12. The van der Waals surface area contributed by atoms with E-state index < -0.39 is 12.6 Å². The lowest BCUT2D eigenvalue weighted by Crippen LogP contribution is -2.14. The summed E-state index contributed by atoms with van der Waals surface area (Å²) >= 11 is 0. The molecule has 25 heavy (non-hydrogen) atoms. The molecule has 2 N–H and O–H groups in total. The van der Waals surface area contributed by atoms with Crippen LogP contribution >= 0.6 is 0 Å². The third kappa shape index (κ3) is 3.45. The lowest BCUT2D eigenvalue weighted by molar-refractivity contribution is -0.139. The van der Waals surface area contributed by atoms with Crippen molar-refractivity contribution in [3.05, 3.63) is 54.2 Å². The Morgan fingerprint density at radius 3 is 2.68 bits per heavy atom. The molecule has 3 rings (SSSR count). The minimum Gasteiger partial charge on any atom is -0.481 e. The number of nitrogens with one attached hydrogen (secondary N) is 1. The highest BCUT2D eigenvalue weighted by atomic mass is 16.5. The van der Waals surface area contributed by atoms with Gasteiger partial charge in [-0.05, 0) is 12.1 Å². The first-order chi connectivity index (χ1) is 12.1. The Balaban J connectivity index is 1.93. The number of hydrogen-bond donors (Lipinski definition) is 2. The molecule has 1 amide bonds. The Labute approximate surface area is 143 Å². The minimum absolute atomic E-state index is 0.248. The quantitative estimate of drug-likeness (QED) is 0.715. The normalized spacial score (nSPS) is 10.6. The van der Waals surface area contributed by atoms with E-state index in [1.807, 2.05) is 25.1 Å². The lowest BCUT2D eigenvalue weighted by atomic mass is 10.1. The average molecular weight is 340 g/mol. The van der Waals surface area contributed by atoms with E-state index in [9.17, 15) is 9.59 Å². The van der Waals surface area contributed by atoms with Gasteiger partial charge in [0.1, 0.15) is 11.5 Å². The fraction of sp³-hybridized carbons (Fsp3) is 0.167. The largest absolute Gasteiger partial charge is 0.481 e. The van der Waals surface area contributed by atoms with E-state index in [2.05, 4.69) is 10.3 Å². The Bertz CT molecular complexity index is 932. The highest BCUT2D eigenvalue weighted by Crippen LogP contribution is 2.32. The number of benzene rings is 2. The summed E-state index contributed by atoms with van der Waals surface area (Å²) in [6, 6.07) is 10.6. The summed E-state index contributed by atoms with van der Waals surface area (Å²) in [7, 11) is 0. The highest BCUT2D eigenvalue weighted by Gasteiger charge is 2.17. The number of fused-ring (bicyclic) bond motifs is 1. The van der Waals surface area contributed by atoms with Crippen molar-refractivity contribution in [1.29, 1.82) is 0 Å². The molecule has 0 bridgehead atoms. The molecule has 1 aromatic heterocycles. The molecule has 0 aliphatic carbocycles. The monoisotopic (exact) mass is 340 g/mol. The zero-order chi connectivity index (χ0) is 17.8. The molecule has 3 aromatic rings. The molecule has 7 heteroatoms. The Kier molecular flexibility index (Phi) is 4.65. The van der Waals surface area contributed by atoms with E-state index in [0.29, 0.717) is 29.0 Å². The van der Waals surface area contributed by atoms with Crippen LogP contribution in [-0.2, 0) is 11.2 Å². The first kappa shape index (κ1) is 16.5. The number of amides is 1. The Hall–Kier alpha value is -3.35. The molecule has 2 aromatic carbocycles. The molecule has 0 saturated carbocycles. The van der Waals surface area contributed by atoms with Gasteiger partial charge in [-0.15, -0.1) is 0 Å². The third-order valence-electron chi connectivity index (χ3n) is 3.66. The number of rotatable bonds is 6. The summed E-state index contributed by atoms with van der Waals surface area (Å²) < 4.78 is 10.5. The molecule has 0 atom stereocenters. The molecule has 1 heterocycles. The van der Waals surface area contributed by atoms with Crippen LogP contribution in [0.1, 0.15) is 23.2 Å². The molecule has 7 nitrogen and oxygen atoms in total. The summed E-state index contributed by atoms with van der Waals surface area (Å²) in [5, 5.41) is 13.0. The number of nitrogens with zero attached hydrogens (tertiary/aromatic N) is 1. The van der Waals surface area contributed by atoms with Crippen LogP contribution in [0.15, 0.2) is 47.2 Å². The maximum Gasteiger partial charge on any atom is 0.341 e. The van der Waals surface area contributed by atoms with Gasteiger partial charge in [-0.1, -0.05) is 31.2 Å². The number of hydrogen-bond acceptors (Lipinski definition) is 5. The lowest BCUT2D eigenvalue weighted by Gasteiger charge is -2.12. The van der Waals surface area contributed by atoms with E-state index in [-0.39, 0.29) is 11.6 Å². The van der Waals surface area contributed by atoms with Gasteiger partial charge in [-0.2, -0.15) is 0 Å². The van der Waals surface area contributed by atoms with Gasteiger partial charge >= 0.3 is 5.97 Å². The van der Waals surface area contributed by atoms with Crippen molar-refractivity contribution < 1.29 is 23.8 Å². The summed E-state index contributed by atoms with van der Waals surface area (Å²) in [6.45, 7) is 1.44. The number of ether oxygens (including phenoxy) is 1. The van der Waals surface area contributed by atoms with Crippen LogP contribution in [0.5, 0.6) is 5.75 Å². The van der Waals surface area contributed by atoms with Gasteiger partial charge in [0, 0.05) is 22.9 Å². The van der Waals surface area contributed by atoms with Gasteiger partial charge in [-0.3, -0.25) is 4.79 Å². The van der Waals surface area contributed by atoms with Gasteiger partial charge < -0.3 is 19.6 Å². The number of anilines is 1. The molecule has 0 spiro atoms. The number of oxazole rings is 1. The highest BCUT2D eigenvalue weighted by molar-refractivity contribution is 6.09. The number of aliphatic carboxylic acids is 1. The number of carboxylic acid groups (broad SMARTS) is 1. The Morgan fingerprint density at radius 2 is 1.96 bits per heavy atom. The van der Waals surface area contributed by atoms with Crippen molar-refractivity contribution in [2.45, 2.75) is 13.3 Å². The number of aromatic nitrogens is 1. The fourth-order valence-electron chi connectivity index (χ4n) is 2.53. The minimum atomic E-state index is -1.06. The van der Waals surface area contributed by atoms with Crippen molar-refractivity contribution in [3.8, 4) is 5.75 Å². The molecule has 0 aliphatic heterocycles. The molecule has 0 radical (unpaired) electrons. The standard InChI is InChI=1S/C18H16N2O5/c1-2-14-17(19-10-25-14)18(23)20-13-7-8-15(24-9-16(21)22)12-6-4-3-5-11(12)13/h3-8,10H,2,9H2,1H3,(H,20,23)(H,21,22). The molecular formula is C18H16N2O5. The predicted octanol–water partition coefficient (Wildman–Crippen LogP) is 3.11. The molecule has 0 unspecified atom stereocenters. The van der Waals surface area contributed by atoms with Gasteiger partial charge in [0.25, 0.3) is 5.91 Å². The Morgan fingerprint density at radius 1 is 1.20 bits per heavy atom. The summed E-state index contributed by atoms with van der Waals surface area (Å²) in [4.78, 5) is 27.1. The first-order valence-corrected chi connectivity index (χ1v) is 7.70. The van der Waals surface area contributed by atoms with Gasteiger partial charge in [-0.25, -0.2) is 9.78 Å². The van der Waals surface area contributed by atoms with Gasteiger partial charge in [0.15, 0.2) is 18.7 Å². The number of aryl methyl sites for hydroxylation is 1. The van der Waals surface area contributed by atoms with Crippen LogP contribution in [0.3, 0.4) is 0 Å². The second-order valence-corrected chi connectivity index (χ2v) is 5.27. The van der Waals surface area contributed by atoms with Crippen molar-refractivity contribution in [3.63, 3.8) is 0 Å². The summed E-state index contributed by atoms with van der Waals surface area (Å²) in [5.41, 5.74) is 0.825. The van der Waals surface area contributed by atoms with E-state index >= 15 is 0 Å². The van der Waals surface area contributed by atoms with Crippen LogP contribution in [0.4, 0.5) is 5.69 Å². The van der Waals surface area contributed by atoms with Crippen LogP contribution in [-0.4, -0.2) is 28.6 Å². The molecule has 0 aliphatic rings. The molecule has 128 valence electrons. The van der Waals surface area contributed by atoms with Gasteiger partial charge in [0.2, 0.25) is 0 Å². The van der Waals surface area contributed by atoms with Crippen LogP contribution in [0, 0.1) is 0 Å². The third-order valence-corrected chi connectivity index (χ3v) is 3.66. The average Bonchev–Trinajstić information content (AvgIpc) is 3.09. The van der Waals surface area contributed by atoms with Gasteiger partial charge in [0.05, 0.1) is 0 Å². The van der Waals surface area contributed by atoms with Crippen molar-refractivity contribution in [1.82, 2.24) is 4.98 Å². The number of carbonyl (C=O) groups excluding carboxylic acids is 1. The van der Waals surface area contributed by atoms with E-state index in [1.165, 1.54) is 6.39 Å². The van der Waals surface area contributed by atoms with Crippen molar-refractivity contribution in [2.75, 3.05) is 11.9 Å². The smallest absolute Gasteiger partial charge is 0.341 e. The molecular weight excluding hydrogens is 324 g/mol. The van der Waals surface area contributed by atoms with E-state index in [0.717, 1.165) is 5.39 Å².